The number of aliphatic hydroxyl groups is 1. The van der Waals surface area contributed by atoms with Gasteiger partial charge in [-0.15, -0.1) is 0 Å². The summed E-state index contributed by atoms with van der Waals surface area (Å²) in [6, 6.07) is 3.75. The molecule has 0 bridgehead atoms. The molecule has 1 aliphatic rings. The fraction of sp³-hybridized carbons (Fsp3) is 0.621. The summed E-state index contributed by atoms with van der Waals surface area (Å²) >= 11 is 0. The summed E-state index contributed by atoms with van der Waals surface area (Å²) in [4.78, 5) is 28.5. The fourth-order valence-corrected chi connectivity index (χ4v) is 5.21. The minimum Gasteiger partial charge on any atom is -0.490 e. The third-order valence-electron chi connectivity index (χ3n) is 7.58. The van der Waals surface area contributed by atoms with Crippen LogP contribution in [0.4, 0.5) is 16.2 Å². The predicted octanol–water partition coefficient (Wildman–Crippen LogP) is 3.62. The first-order valence-corrected chi connectivity index (χ1v) is 16.3. The van der Waals surface area contributed by atoms with Crippen LogP contribution in [-0.2, 0) is 14.8 Å². The Morgan fingerprint density at radius 3 is 2.58 bits per heavy atom. The number of aliphatic hydroxyl groups excluding tert-OH is 1. The van der Waals surface area contributed by atoms with Crippen molar-refractivity contribution >= 4 is 33.3 Å². The zero-order chi connectivity index (χ0) is 31.9. The molecule has 0 fully saturated rings. The molecule has 0 unspecified atom stereocenters. The van der Waals surface area contributed by atoms with E-state index in [9.17, 15) is 23.1 Å². The third kappa shape index (κ3) is 9.39. The highest BCUT2D eigenvalue weighted by atomic mass is 32.2. The van der Waals surface area contributed by atoms with Crippen LogP contribution in [0.25, 0.3) is 0 Å². The van der Waals surface area contributed by atoms with Crippen LogP contribution >= 0.6 is 0 Å². The van der Waals surface area contributed by atoms with Crippen LogP contribution in [0.15, 0.2) is 22.7 Å². The summed E-state index contributed by atoms with van der Waals surface area (Å²) in [6.45, 7) is 9.39. The summed E-state index contributed by atoms with van der Waals surface area (Å²) in [5, 5.41) is 19.4. The molecule has 43 heavy (non-hydrogen) atoms. The number of hydrogen-bond acceptors (Lipinski definition) is 9. The van der Waals surface area contributed by atoms with E-state index in [4.69, 9.17) is 14.0 Å². The number of rotatable bonds is 7. The minimum atomic E-state index is -3.45. The first-order chi connectivity index (χ1) is 20.2. The topological polar surface area (TPSA) is 164 Å². The van der Waals surface area contributed by atoms with Gasteiger partial charge in [0.25, 0.3) is 5.91 Å². The number of carbonyl (C=O) groups excluding carboxylic acids is 2. The van der Waals surface area contributed by atoms with Gasteiger partial charge in [-0.3, -0.25) is 4.79 Å². The number of hydrogen-bond donors (Lipinski definition) is 3. The van der Waals surface area contributed by atoms with Crippen LogP contribution in [-0.4, -0.2) is 97.7 Å². The molecule has 240 valence electrons. The van der Waals surface area contributed by atoms with Gasteiger partial charge in [0.15, 0.2) is 5.76 Å². The Hall–Kier alpha value is -3.20. The molecule has 14 heteroatoms. The molecule has 0 aliphatic carbocycles. The maximum Gasteiger partial charge on any atom is 0.323 e. The van der Waals surface area contributed by atoms with Crippen molar-refractivity contribution in [1.82, 2.24) is 14.4 Å². The van der Waals surface area contributed by atoms with E-state index >= 15 is 0 Å². The summed E-state index contributed by atoms with van der Waals surface area (Å²) in [7, 11) is -1.95. The molecule has 0 saturated carbocycles. The standard InChI is InChI=1S/C29H45N5O8S/c1-18-15-34(19(2)17-35)28(36)24-14-23(30-29(37)31-27-21(4)32-42-22(27)5)11-12-25(24)41-20(3)10-8-9-13-40-26(18)16-33(6)43(7,38)39/h11-12,14,18-20,26,35H,8-10,13,15-17H2,1-7H3,(H2,30,31,37)/t18-,19+,20-,26-/m1/s1. The second-order valence-corrected chi connectivity index (χ2v) is 13.4. The molecule has 13 nitrogen and oxygen atoms in total. The highest BCUT2D eigenvalue weighted by molar-refractivity contribution is 7.88. The van der Waals surface area contributed by atoms with E-state index in [0.717, 1.165) is 19.1 Å². The van der Waals surface area contributed by atoms with E-state index in [0.29, 0.717) is 41.6 Å². The molecule has 3 rings (SSSR count). The molecular weight excluding hydrogens is 578 g/mol. The van der Waals surface area contributed by atoms with E-state index in [1.165, 1.54) is 16.3 Å². The lowest BCUT2D eigenvalue weighted by molar-refractivity contribution is -0.00828. The van der Waals surface area contributed by atoms with Crippen LogP contribution in [0.2, 0.25) is 0 Å². The number of likely N-dealkylation sites (N-methyl/N-ethyl adjacent to an activating group) is 1. The molecule has 0 radical (unpaired) electrons. The maximum atomic E-state index is 14.2. The van der Waals surface area contributed by atoms with Gasteiger partial charge in [0.1, 0.15) is 17.1 Å². The average Bonchev–Trinajstić information content (AvgIpc) is 3.25. The number of urea groups is 1. The van der Waals surface area contributed by atoms with Crippen LogP contribution < -0.4 is 15.4 Å². The lowest BCUT2D eigenvalue weighted by Crippen LogP contribution is -2.47. The fourth-order valence-electron chi connectivity index (χ4n) is 4.79. The van der Waals surface area contributed by atoms with Gasteiger partial charge in [-0.25, -0.2) is 17.5 Å². The van der Waals surface area contributed by atoms with Gasteiger partial charge in [0.05, 0.1) is 36.7 Å². The Bertz CT molecular complexity index is 1350. The zero-order valence-corrected chi connectivity index (χ0v) is 26.9. The predicted molar refractivity (Wildman–Crippen MR) is 163 cm³/mol. The smallest absolute Gasteiger partial charge is 0.323 e. The summed E-state index contributed by atoms with van der Waals surface area (Å²) in [5.41, 5.74) is 1.56. The number of benzene rings is 1. The SMILES string of the molecule is Cc1noc(C)c1NC(=O)Nc1ccc2c(c1)C(=O)N([C@@H](C)CO)C[C@@H](C)[C@@H](CN(C)S(C)(=O)=O)OCCCC[C@@H](C)O2. The van der Waals surface area contributed by atoms with E-state index in [-0.39, 0.29) is 37.3 Å². The monoisotopic (exact) mass is 623 g/mol. The van der Waals surface area contributed by atoms with Crippen LogP contribution in [0.1, 0.15) is 61.8 Å². The van der Waals surface area contributed by atoms with Crippen molar-refractivity contribution in [2.45, 2.75) is 72.1 Å². The maximum absolute atomic E-state index is 14.2. The number of amides is 3. The van der Waals surface area contributed by atoms with Gasteiger partial charge >= 0.3 is 6.03 Å². The quantitative estimate of drug-likeness (QED) is 0.418. The average molecular weight is 624 g/mol. The number of ether oxygens (including phenoxy) is 2. The Kier molecular flexibility index (Phi) is 12.0. The lowest BCUT2D eigenvalue weighted by Gasteiger charge is -2.35. The Labute approximate surface area is 253 Å². The van der Waals surface area contributed by atoms with E-state index in [1.54, 1.807) is 39.0 Å². The first kappa shape index (κ1) is 34.3. The number of sulfonamides is 1. The highest BCUT2D eigenvalue weighted by Gasteiger charge is 2.31. The molecular formula is C29H45N5O8S. The van der Waals surface area contributed by atoms with Crippen molar-refractivity contribution in [3.63, 3.8) is 0 Å². The summed E-state index contributed by atoms with van der Waals surface area (Å²) in [5.74, 6) is 0.133. The largest absolute Gasteiger partial charge is 0.490 e. The Morgan fingerprint density at radius 2 is 1.95 bits per heavy atom. The molecule has 2 aromatic rings. The van der Waals surface area contributed by atoms with Crippen molar-refractivity contribution in [3.05, 3.63) is 35.2 Å². The number of nitrogens with one attached hydrogen (secondary N) is 2. The molecule has 1 aromatic carbocycles. The summed E-state index contributed by atoms with van der Waals surface area (Å²) in [6.07, 6.45) is 2.71. The van der Waals surface area contributed by atoms with Gasteiger partial charge in [-0.05, 0) is 65.2 Å². The second-order valence-electron chi connectivity index (χ2n) is 11.3. The minimum absolute atomic E-state index is 0.125. The highest BCUT2D eigenvalue weighted by Crippen LogP contribution is 2.29. The van der Waals surface area contributed by atoms with E-state index in [1.807, 2.05) is 13.8 Å². The van der Waals surface area contributed by atoms with E-state index in [2.05, 4.69) is 15.8 Å². The molecule has 0 saturated heterocycles. The lowest BCUT2D eigenvalue weighted by atomic mass is 10.0. The number of anilines is 2. The molecule has 2 heterocycles. The molecule has 0 spiro atoms. The van der Waals surface area contributed by atoms with Crippen molar-refractivity contribution in [3.8, 4) is 5.75 Å². The Balaban J connectivity index is 1.96. The van der Waals surface area contributed by atoms with Crippen molar-refractivity contribution in [2.75, 3.05) is 50.2 Å². The molecule has 4 atom stereocenters. The van der Waals surface area contributed by atoms with Crippen LogP contribution in [0, 0.1) is 19.8 Å². The Morgan fingerprint density at radius 1 is 1.23 bits per heavy atom. The third-order valence-corrected chi connectivity index (χ3v) is 8.87. The molecule has 3 N–H and O–H groups in total. The van der Waals surface area contributed by atoms with Gasteiger partial charge < -0.3 is 34.6 Å². The molecule has 3 amide bonds. The first-order valence-electron chi connectivity index (χ1n) is 14.5. The number of nitrogens with zero attached hydrogens (tertiary/aromatic N) is 3. The van der Waals surface area contributed by atoms with Gasteiger partial charge in [-0.2, -0.15) is 0 Å². The van der Waals surface area contributed by atoms with Crippen molar-refractivity contribution in [2.24, 2.45) is 5.92 Å². The molecule has 1 aliphatic heterocycles. The van der Waals surface area contributed by atoms with E-state index < -0.39 is 34.1 Å². The van der Waals surface area contributed by atoms with Crippen molar-refractivity contribution < 1.29 is 37.1 Å². The van der Waals surface area contributed by atoms with Gasteiger partial charge in [-0.1, -0.05) is 12.1 Å². The van der Waals surface area contributed by atoms with Gasteiger partial charge in [0.2, 0.25) is 10.0 Å². The summed E-state index contributed by atoms with van der Waals surface area (Å²) < 4.78 is 43.1. The number of aromatic nitrogens is 1. The molecule has 1 aromatic heterocycles. The normalized spacial score (nSPS) is 21.5. The second kappa shape index (κ2) is 15.0. The van der Waals surface area contributed by atoms with Crippen molar-refractivity contribution in [1.29, 1.82) is 0 Å². The number of fused-ring (bicyclic) bond motifs is 1. The zero-order valence-electron chi connectivity index (χ0n) is 26.0. The number of carbonyl (C=O) groups is 2. The van der Waals surface area contributed by atoms with Gasteiger partial charge in [0, 0.05) is 38.3 Å². The van der Waals surface area contributed by atoms with Crippen LogP contribution in [0.3, 0.4) is 0 Å². The van der Waals surface area contributed by atoms with Crippen LogP contribution in [0.5, 0.6) is 5.75 Å². The number of aryl methyl sites for hydroxylation is 2.